The molecule has 0 saturated carbocycles. The molecule has 0 aliphatic carbocycles. The second-order valence-electron chi connectivity index (χ2n) is 1.60. The maximum atomic E-state index is 4.19. The molecule has 0 unspecified atom stereocenters. The lowest BCUT2D eigenvalue weighted by Crippen LogP contribution is -2.31. The topological polar surface area (TPSA) is 17.3 Å². The third-order valence-corrected chi connectivity index (χ3v) is 1.07. The SMILES string of the molecule is CC[N]N(CC)CC. The van der Waals surface area contributed by atoms with Crippen LogP contribution in [0.1, 0.15) is 20.8 Å². The summed E-state index contributed by atoms with van der Waals surface area (Å²) in [5, 5.41) is 2.06. The van der Waals surface area contributed by atoms with Crippen LogP contribution in [-0.4, -0.2) is 24.6 Å². The van der Waals surface area contributed by atoms with Gasteiger partial charge >= 0.3 is 0 Å². The zero-order chi connectivity index (χ0) is 6.41. The van der Waals surface area contributed by atoms with Crippen molar-refractivity contribution in [2.24, 2.45) is 0 Å². The number of nitrogens with zero attached hydrogens (tertiary/aromatic N) is 2. The van der Waals surface area contributed by atoms with E-state index in [2.05, 4.69) is 31.2 Å². The highest BCUT2D eigenvalue weighted by molar-refractivity contribution is 4.39. The molecule has 0 N–H and O–H groups in total. The van der Waals surface area contributed by atoms with Crippen LogP contribution in [0.2, 0.25) is 0 Å². The first kappa shape index (κ1) is 7.92. The van der Waals surface area contributed by atoms with Crippen LogP contribution in [0.3, 0.4) is 0 Å². The Bertz CT molecular complexity index is 41.8. The smallest absolute Gasteiger partial charge is 0.0278 e. The fourth-order valence-electron chi connectivity index (χ4n) is 0.624. The van der Waals surface area contributed by atoms with Gasteiger partial charge < -0.3 is 0 Å². The average Bonchev–Trinajstić information content (AvgIpc) is 1.83. The normalized spacial score (nSPS) is 10.5. The molecule has 49 valence electrons. The van der Waals surface area contributed by atoms with Gasteiger partial charge in [0.1, 0.15) is 0 Å². The van der Waals surface area contributed by atoms with Gasteiger partial charge in [0.05, 0.1) is 0 Å². The van der Waals surface area contributed by atoms with Crippen LogP contribution < -0.4 is 5.43 Å². The predicted molar refractivity (Wildman–Crippen MR) is 35.6 cm³/mol. The Morgan fingerprint density at radius 3 is 1.75 bits per heavy atom. The van der Waals surface area contributed by atoms with Crippen molar-refractivity contribution in [1.82, 2.24) is 10.4 Å². The van der Waals surface area contributed by atoms with Gasteiger partial charge in [-0.25, -0.2) is 5.01 Å². The van der Waals surface area contributed by atoms with Crippen LogP contribution in [0.4, 0.5) is 0 Å². The molecule has 0 aromatic rings. The molecule has 0 heterocycles. The molecule has 2 heteroatoms. The third kappa shape index (κ3) is 2.99. The Morgan fingerprint density at radius 1 is 1.12 bits per heavy atom. The molecule has 0 amide bonds. The van der Waals surface area contributed by atoms with Crippen molar-refractivity contribution in [3.05, 3.63) is 0 Å². The molecule has 0 fully saturated rings. The van der Waals surface area contributed by atoms with Gasteiger partial charge in [-0.15, -0.1) is 0 Å². The quantitative estimate of drug-likeness (QED) is 0.497. The van der Waals surface area contributed by atoms with Crippen LogP contribution in [0.5, 0.6) is 0 Å². The summed E-state index contributed by atoms with van der Waals surface area (Å²) in [6, 6.07) is 0. The summed E-state index contributed by atoms with van der Waals surface area (Å²) in [6.45, 7) is 9.25. The largest absolute Gasteiger partial charge is 0.227 e. The molecular weight excluding hydrogens is 100 g/mol. The second kappa shape index (κ2) is 5.06. The lowest BCUT2D eigenvalue weighted by Gasteiger charge is -2.14. The lowest BCUT2D eigenvalue weighted by molar-refractivity contribution is 0.206. The van der Waals surface area contributed by atoms with E-state index in [1.807, 2.05) is 0 Å². The van der Waals surface area contributed by atoms with Gasteiger partial charge in [-0.05, 0) is 6.92 Å². The summed E-state index contributed by atoms with van der Waals surface area (Å²) in [4.78, 5) is 0. The molecule has 0 aromatic carbocycles. The minimum Gasteiger partial charge on any atom is -0.227 e. The fourth-order valence-corrected chi connectivity index (χ4v) is 0.624. The fraction of sp³-hybridized carbons (Fsp3) is 1.00. The van der Waals surface area contributed by atoms with Crippen molar-refractivity contribution >= 4 is 0 Å². The highest BCUT2D eigenvalue weighted by Crippen LogP contribution is 1.79. The second-order valence-corrected chi connectivity index (χ2v) is 1.60. The highest BCUT2D eigenvalue weighted by atomic mass is 15.5. The molecule has 0 aliphatic rings. The van der Waals surface area contributed by atoms with Gasteiger partial charge in [-0.3, -0.25) is 0 Å². The van der Waals surface area contributed by atoms with E-state index in [4.69, 9.17) is 0 Å². The van der Waals surface area contributed by atoms with Crippen molar-refractivity contribution in [3.8, 4) is 0 Å². The summed E-state index contributed by atoms with van der Waals surface area (Å²) in [5.74, 6) is 0. The summed E-state index contributed by atoms with van der Waals surface area (Å²) >= 11 is 0. The van der Waals surface area contributed by atoms with Crippen LogP contribution in [-0.2, 0) is 0 Å². The number of hydrogen-bond acceptors (Lipinski definition) is 1. The first-order chi connectivity index (χ1) is 3.85. The van der Waals surface area contributed by atoms with E-state index in [1.165, 1.54) is 0 Å². The van der Waals surface area contributed by atoms with Gasteiger partial charge in [-0.2, -0.15) is 5.43 Å². The minimum atomic E-state index is 0.904. The molecule has 0 aromatic heterocycles. The predicted octanol–water partition coefficient (Wildman–Crippen LogP) is 0.868. The summed E-state index contributed by atoms with van der Waals surface area (Å²) < 4.78 is 0. The maximum absolute atomic E-state index is 4.19. The van der Waals surface area contributed by atoms with Gasteiger partial charge in [0.2, 0.25) is 0 Å². The van der Waals surface area contributed by atoms with E-state index in [0.29, 0.717) is 0 Å². The summed E-state index contributed by atoms with van der Waals surface area (Å²) in [5.41, 5.74) is 4.19. The molecule has 0 bridgehead atoms. The molecule has 8 heavy (non-hydrogen) atoms. The molecule has 0 spiro atoms. The number of hydrogen-bond donors (Lipinski definition) is 0. The first-order valence-corrected chi connectivity index (χ1v) is 3.27. The van der Waals surface area contributed by atoms with Crippen molar-refractivity contribution in [3.63, 3.8) is 0 Å². The monoisotopic (exact) mass is 115 g/mol. The van der Waals surface area contributed by atoms with Crippen LogP contribution in [0.25, 0.3) is 0 Å². The molecule has 0 saturated heterocycles. The van der Waals surface area contributed by atoms with Crippen LogP contribution >= 0.6 is 0 Å². The average molecular weight is 115 g/mol. The van der Waals surface area contributed by atoms with E-state index >= 15 is 0 Å². The molecular formula is C6H15N2. The van der Waals surface area contributed by atoms with E-state index in [1.54, 1.807) is 0 Å². The van der Waals surface area contributed by atoms with Gasteiger partial charge in [0.25, 0.3) is 0 Å². The Hall–Kier alpha value is -0.0800. The molecule has 0 atom stereocenters. The van der Waals surface area contributed by atoms with Gasteiger partial charge in [-0.1, -0.05) is 13.8 Å². The Balaban J connectivity index is 3.07. The summed E-state index contributed by atoms with van der Waals surface area (Å²) in [6.07, 6.45) is 0. The Labute approximate surface area is 51.8 Å². The van der Waals surface area contributed by atoms with Crippen LogP contribution in [0.15, 0.2) is 0 Å². The van der Waals surface area contributed by atoms with Gasteiger partial charge in [0, 0.05) is 19.6 Å². The van der Waals surface area contributed by atoms with Crippen molar-refractivity contribution in [2.75, 3.05) is 19.6 Å². The molecule has 0 rings (SSSR count). The standard InChI is InChI=1S/C6H15N2/c1-4-7-8(5-2)6-3/h4-6H2,1-3H3. The van der Waals surface area contributed by atoms with E-state index in [-0.39, 0.29) is 0 Å². The highest BCUT2D eigenvalue weighted by Gasteiger charge is 1.93. The lowest BCUT2D eigenvalue weighted by atomic mass is 10.6. The zero-order valence-corrected chi connectivity index (χ0v) is 6.02. The molecule has 1 radical (unpaired) electrons. The minimum absolute atomic E-state index is 0.904. The van der Waals surface area contributed by atoms with Gasteiger partial charge in [0.15, 0.2) is 0 Å². The first-order valence-electron chi connectivity index (χ1n) is 3.27. The van der Waals surface area contributed by atoms with Crippen molar-refractivity contribution in [2.45, 2.75) is 20.8 Å². The molecule has 2 nitrogen and oxygen atoms in total. The summed E-state index contributed by atoms with van der Waals surface area (Å²) in [7, 11) is 0. The maximum Gasteiger partial charge on any atom is 0.0278 e. The third-order valence-electron chi connectivity index (χ3n) is 1.07. The van der Waals surface area contributed by atoms with Crippen molar-refractivity contribution < 1.29 is 0 Å². The van der Waals surface area contributed by atoms with E-state index < -0.39 is 0 Å². The number of rotatable bonds is 4. The van der Waals surface area contributed by atoms with Crippen LogP contribution in [0, 0.1) is 0 Å². The Kier molecular flexibility index (Phi) is 5.01. The van der Waals surface area contributed by atoms with Crippen molar-refractivity contribution in [1.29, 1.82) is 0 Å². The Morgan fingerprint density at radius 2 is 1.62 bits per heavy atom. The zero-order valence-electron chi connectivity index (χ0n) is 6.02. The van der Waals surface area contributed by atoms with E-state index in [9.17, 15) is 0 Å². The van der Waals surface area contributed by atoms with E-state index in [0.717, 1.165) is 19.6 Å². The molecule has 0 aliphatic heterocycles.